The summed E-state index contributed by atoms with van der Waals surface area (Å²) >= 11 is 0. The Kier molecular flexibility index (Phi) is 5.57. The van der Waals surface area contributed by atoms with Crippen LogP contribution in [0.15, 0.2) is 17.7 Å². The number of benzene rings is 1. The Labute approximate surface area is 203 Å². The lowest BCUT2D eigenvalue weighted by molar-refractivity contribution is 0.356. The summed E-state index contributed by atoms with van der Waals surface area (Å²) in [5, 5.41) is 19.5. The van der Waals surface area contributed by atoms with Crippen LogP contribution in [0, 0.1) is 36.5 Å². The van der Waals surface area contributed by atoms with E-state index in [0.29, 0.717) is 28.8 Å². The summed E-state index contributed by atoms with van der Waals surface area (Å²) in [7, 11) is 0. The lowest BCUT2D eigenvalue weighted by Gasteiger charge is -2.50. The van der Waals surface area contributed by atoms with E-state index in [9.17, 15) is 10.5 Å². The molecule has 2 aromatic rings. The SMILES string of the molecule is CC1=C(C#N)c2nc(N)c(C#N)c(C)c2/C1=C\c1cc2c(cc1C)N(C(C)C)C(C)(C)C[C@H]2C. The highest BCUT2D eigenvalue weighted by Crippen LogP contribution is 2.47. The van der Waals surface area contributed by atoms with Crippen molar-refractivity contribution >= 4 is 28.7 Å². The van der Waals surface area contributed by atoms with E-state index in [1.807, 2.05) is 13.8 Å². The smallest absolute Gasteiger partial charge is 0.142 e. The fourth-order valence-electron chi connectivity index (χ4n) is 6.10. The molecule has 2 heterocycles. The van der Waals surface area contributed by atoms with E-state index in [2.05, 4.69) is 81.8 Å². The molecule has 1 aliphatic heterocycles. The molecule has 34 heavy (non-hydrogen) atoms. The van der Waals surface area contributed by atoms with Crippen LogP contribution in [0.1, 0.15) is 93.0 Å². The molecule has 1 aromatic heterocycles. The minimum atomic E-state index is 0.0921. The van der Waals surface area contributed by atoms with Crippen molar-refractivity contribution in [1.29, 1.82) is 10.5 Å². The summed E-state index contributed by atoms with van der Waals surface area (Å²) in [6.45, 7) is 17.5. The molecule has 0 spiro atoms. The van der Waals surface area contributed by atoms with Gasteiger partial charge in [-0.3, -0.25) is 0 Å². The maximum Gasteiger partial charge on any atom is 0.142 e. The number of allylic oxidation sites excluding steroid dienone is 3. The summed E-state index contributed by atoms with van der Waals surface area (Å²) in [5.74, 6) is 0.615. The average molecular weight is 452 g/mol. The number of nitrogens with two attached hydrogens (primary N) is 1. The molecule has 0 saturated heterocycles. The minimum Gasteiger partial charge on any atom is -0.383 e. The Morgan fingerprint density at radius 1 is 1.18 bits per heavy atom. The number of hydrogen-bond donors (Lipinski definition) is 1. The van der Waals surface area contributed by atoms with Crippen LogP contribution in [0.25, 0.3) is 17.2 Å². The van der Waals surface area contributed by atoms with Gasteiger partial charge in [-0.25, -0.2) is 4.98 Å². The number of pyridine rings is 1. The highest BCUT2D eigenvalue weighted by atomic mass is 15.2. The van der Waals surface area contributed by atoms with Gasteiger partial charge in [0.1, 0.15) is 18.0 Å². The average Bonchev–Trinajstić information content (AvgIpc) is 2.99. The van der Waals surface area contributed by atoms with E-state index in [-0.39, 0.29) is 11.4 Å². The fraction of sp³-hybridized carbons (Fsp3) is 0.414. The Hall–Kier alpha value is -3.57. The molecule has 0 bridgehead atoms. The maximum atomic E-state index is 9.87. The van der Waals surface area contributed by atoms with Crippen molar-refractivity contribution in [2.75, 3.05) is 10.6 Å². The lowest BCUT2D eigenvalue weighted by Crippen LogP contribution is -2.51. The molecule has 5 nitrogen and oxygen atoms in total. The molecular weight excluding hydrogens is 418 g/mol. The van der Waals surface area contributed by atoms with Gasteiger partial charge in [-0.1, -0.05) is 6.92 Å². The third kappa shape index (κ3) is 3.39. The molecule has 2 aliphatic rings. The predicted octanol–water partition coefficient (Wildman–Crippen LogP) is 6.50. The standard InChI is InChI=1S/C29H33N5/c1-15(2)34-25-9-16(3)20(10-21(25)17(4)12-29(34,7)8)11-22-18(5)23(13-30)27-26(22)19(6)24(14-31)28(32)33-27/h9-11,15,17H,12H2,1-8H3,(H2,32,33)/b22-11-/t17-/m1/s1. The van der Waals surface area contributed by atoms with Crippen molar-refractivity contribution in [1.82, 2.24) is 4.98 Å². The number of rotatable bonds is 2. The molecule has 5 heteroatoms. The van der Waals surface area contributed by atoms with Crippen LogP contribution in [-0.2, 0) is 0 Å². The molecule has 1 aliphatic carbocycles. The van der Waals surface area contributed by atoms with Crippen molar-refractivity contribution < 1.29 is 0 Å². The van der Waals surface area contributed by atoms with Crippen LogP contribution >= 0.6 is 0 Å². The van der Waals surface area contributed by atoms with Gasteiger partial charge in [0.25, 0.3) is 0 Å². The summed E-state index contributed by atoms with van der Waals surface area (Å²) in [6.07, 6.45) is 3.25. The summed E-state index contributed by atoms with van der Waals surface area (Å²) in [5.41, 5.74) is 16.0. The van der Waals surface area contributed by atoms with Gasteiger partial charge in [0.15, 0.2) is 0 Å². The second kappa shape index (κ2) is 8.03. The zero-order valence-corrected chi connectivity index (χ0v) is 21.5. The molecule has 2 N–H and O–H groups in total. The molecule has 0 fully saturated rings. The van der Waals surface area contributed by atoms with Gasteiger partial charge >= 0.3 is 0 Å². The molecule has 174 valence electrons. The van der Waals surface area contributed by atoms with Crippen LogP contribution < -0.4 is 10.6 Å². The zero-order chi connectivity index (χ0) is 25.1. The number of nitriles is 2. The van der Waals surface area contributed by atoms with Crippen molar-refractivity contribution in [2.24, 2.45) is 0 Å². The number of aryl methyl sites for hydroxylation is 1. The molecule has 4 rings (SSSR count). The topological polar surface area (TPSA) is 89.7 Å². The Morgan fingerprint density at radius 3 is 2.44 bits per heavy atom. The monoisotopic (exact) mass is 451 g/mol. The summed E-state index contributed by atoms with van der Waals surface area (Å²) < 4.78 is 0. The quantitative estimate of drug-likeness (QED) is 0.562. The normalized spacial score (nSPS) is 19.8. The first-order valence-electron chi connectivity index (χ1n) is 11.9. The Morgan fingerprint density at radius 2 is 1.85 bits per heavy atom. The van der Waals surface area contributed by atoms with E-state index < -0.39 is 0 Å². The highest BCUT2D eigenvalue weighted by Gasteiger charge is 2.38. The summed E-state index contributed by atoms with van der Waals surface area (Å²) in [6, 6.07) is 9.52. The second-order valence-electron chi connectivity index (χ2n) is 10.7. The summed E-state index contributed by atoms with van der Waals surface area (Å²) in [4.78, 5) is 7.01. The number of nitrogens with zero attached hydrogens (tertiary/aromatic N) is 4. The van der Waals surface area contributed by atoms with Gasteiger partial charge < -0.3 is 10.6 Å². The first-order valence-corrected chi connectivity index (χ1v) is 11.9. The number of fused-ring (bicyclic) bond motifs is 2. The van der Waals surface area contributed by atoms with E-state index in [4.69, 9.17) is 5.73 Å². The van der Waals surface area contributed by atoms with Crippen LogP contribution in [-0.4, -0.2) is 16.6 Å². The van der Waals surface area contributed by atoms with Gasteiger partial charge in [0, 0.05) is 22.8 Å². The van der Waals surface area contributed by atoms with Gasteiger partial charge in [-0.05, 0) is 112 Å². The predicted molar refractivity (Wildman–Crippen MR) is 140 cm³/mol. The fourth-order valence-corrected chi connectivity index (χ4v) is 6.10. The maximum absolute atomic E-state index is 9.87. The third-order valence-corrected chi connectivity index (χ3v) is 7.46. The van der Waals surface area contributed by atoms with Crippen LogP contribution in [0.5, 0.6) is 0 Å². The van der Waals surface area contributed by atoms with E-state index in [1.54, 1.807) is 0 Å². The highest BCUT2D eigenvalue weighted by molar-refractivity contribution is 6.09. The van der Waals surface area contributed by atoms with Crippen LogP contribution in [0.4, 0.5) is 11.5 Å². The largest absolute Gasteiger partial charge is 0.383 e. The number of aromatic nitrogens is 1. The van der Waals surface area contributed by atoms with Gasteiger partial charge in [-0.15, -0.1) is 0 Å². The first-order chi connectivity index (χ1) is 15.9. The molecule has 0 saturated carbocycles. The Balaban J connectivity index is 1.96. The lowest BCUT2D eigenvalue weighted by atomic mass is 9.78. The number of anilines is 2. The molecule has 0 unspecified atom stereocenters. The minimum absolute atomic E-state index is 0.0921. The molecule has 1 aromatic carbocycles. The van der Waals surface area contributed by atoms with Crippen molar-refractivity contribution in [2.45, 2.75) is 79.3 Å². The molecule has 0 amide bonds. The zero-order valence-electron chi connectivity index (χ0n) is 21.5. The molecular formula is C29H33N5. The number of hydrogen-bond acceptors (Lipinski definition) is 5. The van der Waals surface area contributed by atoms with Gasteiger partial charge in [-0.2, -0.15) is 10.5 Å². The van der Waals surface area contributed by atoms with Crippen molar-refractivity contribution in [3.8, 4) is 12.1 Å². The van der Waals surface area contributed by atoms with Crippen LogP contribution in [0.2, 0.25) is 0 Å². The van der Waals surface area contributed by atoms with E-state index in [1.165, 1.54) is 16.8 Å². The van der Waals surface area contributed by atoms with Crippen molar-refractivity contribution in [3.05, 3.63) is 56.8 Å². The van der Waals surface area contributed by atoms with E-state index >= 15 is 0 Å². The van der Waals surface area contributed by atoms with Crippen LogP contribution in [0.3, 0.4) is 0 Å². The molecule has 1 atom stereocenters. The van der Waals surface area contributed by atoms with Crippen molar-refractivity contribution in [3.63, 3.8) is 0 Å². The van der Waals surface area contributed by atoms with Gasteiger partial charge in [0.2, 0.25) is 0 Å². The van der Waals surface area contributed by atoms with Gasteiger partial charge in [0.05, 0.1) is 16.8 Å². The molecule has 0 radical (unpaired) electrons. The number of nitrogen functional groups attached to an aromatic ring is 1. The third-order valence-electron chi connectivity index (χ3n) is 7.46. The Bertz CT molecular complexity index is 1360. The van der Waals surface area contributed by atoms with E-state index in [0.717, 1.165) is 34.3 Å². The second-order valence-corrected chi connectivity index (χ2v) is 10.7. The first kappa shape index (κ1) is 23.6.